The molecule has 4 aliphatic rings. The van der Waals surface area contributed by atoms with Crippen LogP contribution in [0, 0.1) is 23.2 Å². The predicted octanol–water partition coefficient (Wildman–Crippen LogP) is 3.90. The van der Waals surface area contributed by atoms with Crippen LogP contribution in [-0.2, 0) is 11.3 Å². The van der Waals surface area contributed by atoms with Crippen LogP contribution in [0.2, 0.25) is 0 Å². The second-order valence-electron chi connectivity index (χ2n) is 9.46. The van der Waals surface area contributed by atoms with Crippen molar-refractivity contribution in [2.24, 2.45) is 23.2 Å². The van der Waals surface area contributed by atoms with Crippen molar-refractivity contribution in [2.75, 3.05) is 11.4 Å². The van der Waals surface area contributed by atoms with Gasteiger partial charge in [-0.05, 0) is 75.3 Å². The molecular formula is C22H26N6OS. The fourth-order valence-corrected chi connectivity index (χ4v) is 7.49. The molecule has 0 N–H and O–H groups in total. The normalized spacial score (nSPS) is 29.6. The largest absolute Gasteiger partial charge is 0.286 e. The number of carbonyl (C=O) groups is 1. The van der Waals surface area contributed by atoms with Gasteiger partial charge in [-0.25, -0.2) is 4.68 Å². The van der Waals surface area contributed by atoms with Crippen molar-refractivity contribution in [1.82, 2.24) is 25.2 Å². The number of fused-ring (bicyclic) bond motifs is 1. The van der Waals surface area contributed by atoms with Crippen molar-refractivity contribution < 1.29 is 4.79 Å². The summed E-state index contributed by atoms with van der Waals surface area (Å²) in [6.07, 6.45) is 7.25. The van der Waals surface area contributed by atoms with Gasteiger partial charge >= 0.3 is 0 Å². The highest BCUT2D eigenvalue weighted by Crippen LogP contribution is 2.60. The lowest BCUT2D eigenvalue weighted by Gasteiger charge is -2.56. The second-order valence-corrected chi connectivity index (χ2v) is 10.5. The van der Waals surface area contributed by atoms with E-state index in [4.69, 9.17) is 0 Å². The molecule has 0 radical (unpaired) electrons. The molecular weight excluding hydrogens is 396 g/mol. The minimum Gasteiger partial charge on any atom is -0.286 e. The molecule has 0 spiro atoms. The SMILES string of the molecule is CCN(C(=O)C12CC3CC(CC(C3)C1)C2)c1nnc(Cn2nnc3ccccc32)s1. The van der Waals surface area contributed by atoms with Gasteiger partial charge in [0.2, 0.25) is 11.0 Å². The fraction of sp³-hybridized carbons (Fsp3) is 0.591. The molecule has 7 nitrogen and oxygen atoms in total. The second kappa shape index (κ2) is 6.83. The highest BCUT2D eigenvalue weighted by molar-refractivity contribution is 7.15. The Labute approximate surface area is 179 Å². The molecule has 1 amide bonds. The van der Waals surface area contributed by atoms with Gasteiger partial charge in [0.15, 0.2) is 0 Å². The Balaban J connectivity index is 1.25. The van der Waals surface area contributed by atoms with E-state index >= 15 is 0 Å². The summed E-state index contributed by atoms with van der Waals surface area (Å²) in [5, 5.41) is 18.8. The molecule has 0 saturated heterocycles. The summed E-state index contributed by atoms with van der Waals surface area (Å²) in [6.45, 7) is 3.20. The van der Waals surface area contributed by atoms with Gasteiger partial charge in [-0.3, -0.25) is 9.69 Å². The summed E-state index contributed by atoms with van der Waals surface area (Å²) in [7, 11) is 0. The van der Waals surface area contributed by atoms with Gasteiger partial charge in [-0.15, -0.1) is 15.3 Å². The summed E-state index contributed by atoms with van der Waals surface area (Å²) >= 11 is 1.50. The number of nitrogens with zero attached hydrogens (tertiary/aromatic N) is 6. The van der Waals surface area contributed by atoms with Crippen LogP contribution in [-0.4, -0.2) is 37.6 Å². The first kappa shape index (κ1) is 18.4. The van der Waals surface area contributed by atoms with Gasteiger partial charge in [-0.1, -0.05) is 28.7 Å². The number of hydrogen-bond acceptors (Lipinski definition) is 6. The number of para-hydroxylation sites is 1. The van der Waals surface area contributed by atoms with Crippen molar-refractivity contribution in [1.29, 1.82) is 0 Å². The van der Waals surface area contributed by atoms with E-state index in [0.29, 0.717) is 13.1 Å². The molecule has 4 bridgehead atoms. The van der Waals surface area contributed by atoms with E-state index in [1.165, 1.54) is 30.6 Å². The Kier molecular flexibility index (Phi) is 4.20. The van der Waals surface area contributed by atoms with Crippen LogP contribution in [0.5, 0.6) is 0 Å². The lowest BCUT2D eigenvalue weighted by Crippen LogP contribution is -2.54. The third-order valence-corrected chi connectivity index (χ3v) is 8.38. The Bertz CT molecular complexity index is 1070. The van der Waals surface area contributed by atoms with Crippen LogP contribution in [0.4, 0.5) is 5.13 Å². The van der Waals surface area contributed by atoms with E-state index < -0.39 is 0 Å². The minimum atomic E-state index is -0.154. The number of aromatic nitrogens is 5. The molecule has 4 saturated carbocycles. The topological polar surface area (TPSA) is 76.8 Å². The Morgan fingerprint density at radius 2 is 1.80 bits per heavy atom. The van der Waals surface area contributed by atoms with E-state index in [0.717, 1.165) is 58.2 Å². The lowest BCUT2D eigenvalue weighted by atomic mass is 9.49. The van der Waals surface area contributed by atoms with Gasteiger partial charge < -0.3 is 0 Å². The molecule has 7 rings (SSSR count). The van der Waals surface area contributed by atoms with Crippen LogP contribution in [0.15, 0.2) is 24.3 Å². The molecule has 0 atom stereocenters. The smallest absolute Gasteiger partial charge is 0.235 e. The fourth-order valence-electron chi connectivity index (χ4n) is 6.60. The first-order valence-electron chi connectivity index (χ1n) is 11.1. The maximum atomic E-state index is 13.8. The zero-order chi connectivity index (χ0) is 20.3. The van der Waals surface area contributed by atoms with E-state index in [2.05, 4.69) is 20.5 Å². The molecule has 4 aliphatic carbocycles. The molecule has 0 unspecified atom stereocenters. The average Bonchev–Trinajstić information content (AvgIpc) is 3.35. The van der Waals surface area contributed by atoms with Crippen LogP contribution >= 0.6 is 11.3 Å². The maximum absolute atomic E-state index is 13.8. The number of amides is 1. The third kappa shape index (κ3) is 2.87. The molecule has 156 valence electrons. The molecule has 8 heteroatoms. The van der Waals surface area contributed by atoms with Gasteiger partial charge in [0.25, 0.3) is 0 Å². The van der Waals surface area contributed by atoms with Crippen molar-refractivity contribution in [2.45, 2.75) is 52.0 Å². The monoisotopic (exact) mass is 422 g/mol. The summed E-state index contributed by atoms with van der Waals surface area (Å²) in [6, 6.07) is 7.90. The van der Waals surface area contributed by atoms with Gasteiger partial charge in [0, 0.05) is 6.54 Å². The number of rotatable bonds is 5. The van der Waals surface area contributed by atoms with Crippen LogP contribution < -0.4 is 4.90 Å². The molecule has 30 heavy (non-hydrogen) atoms. The Morgan fingerprint density at radius 1 is 1.10 bits per heavy atom. The first-order valence-corrected chi connectivity index (χ1v) is 11.9. The average molecular weight is 423 g/mol. The van der Waals surface area contributed by atoms with Crippen molar-refractivity contribution >= 4 is 33.4 Å². The molecule has 2 heterocycles. The zero-order valence-corrected chi connectivity index (χ0v) is 18.0. The number of hydrogen-bond donors (Lipinski definition) is 0. The number of carbonyl (C=O) groups excluding carboxylic acids is 1. The van der Waals surface area contributed by atoms with Crippen molar-refractivity contribution in [3.8, 4) is 0 Å². The quantitative estimate of drug-likeness (QED) is 0.623. The maximum Gasteiger partial charge on any atom is 0.235 e. The first-order chi connectivity index (χ1) is 14.6. The highest BCUT2D eigenvalue weighted by Gasteiger charge is 2.55. The highest BCUT2D eigenvalue weighted by atomic mass is 32.1. The van der Waals surface area contributed by atoms with Crippen molar-refractivity contribution in [3.63, 3.8) is 0 Å². The summed E-state index contributed by atoms with van der Waals surface area (Å²) in [5.41, 5.74) is 1.69. The summed E-state index contributed by atoms with van der Waals surface area (Å²) < 4.78 is 1.84. The molecule has 2 aromatic heterocycles. The molecule has 0 aliphatic heterocycles. The van der Waals surface area contributed by atoms with E-state index in [9.17, 15) is 4.79 Å². The predicted molar refractivity (Wildman–Crippen MR) is 115 cm³/mol. The number of anilines is 1. The zero-order valence-electron chi connectivity index (χ0n) is 17.2. The van der Waals surface area contributed by atoms with Gasteiger partial charge in [0.05, 0.1) is 17.5 Å². The third-order valence-electron chi connectivity index (χ3n) is 7.45. The Hall–Kier alpha value is -2.35. The molecule has 3 aromatic rings. The van der Waals surface area contributed by atoms with Gasteiger partial charge in [0.1, 0.15) is 10.5 Å². The van der Waals surface area contributed by atoms with E-state index in [1.54, 1.807) is 0 Å². The summed E-state index contributed by atoms with van der Waals surface area (Å²) in [4.78, 5) is 15.7. The van der Waals surface area contributed by atoms with Crippen LogP contribution in [0.25, 0.3) is 11.0 Å². The standard InChI is InChI=1S/C22H26N6OS/c1-2-27(20(29)22-10-14-7-15(11-22)9-16(8-14)12-22)21-25-24-19(30-21)13-28-18-6-4-3-5-17(18)23-26-28/h3-6,14-16H,2,7-13H2,1H3. The Morgan fingerprint density at radius 3 is 2.50 bits per heavy atom. The van der Waals surface area contributed by atoms with Gasteiger partial charge in [-0.2, -0.15) is 0 Å². The van der Waals surface area contributed by atoms with E-state index in [-0.39, 0.29) is 11.3 Å². The number of benzene rings is 1. The van der Waals surface area contributed by atoms with Crippen LogP contribution in [0.3, 0.4) is 0 Å². The molecule has 1 aromatic carbocycles. The molecule has 4 fully saturated rings. The van der Waals surface area contributed by atoms with Crippen LogP contribution in [0.1, 0.15) is 50.5 Å². The summed E-state index contributed by atoms with van der Waals surface area (Å²) in [5.74, 6) is 2.55. The minimum absolute atomic E-state index is 0.154. The lowest BCUT2D eigenvalue weighted by molar-refractivity contribution is -0.143. The van der Waals surface area contributed by atoms with E-state index in [1.807, 2.05) is 40.8 Å². The van der Waals surface area contributed by atoms with Crippen molar-refractivity contribution in [3.05, 3.63) is 29.3 Å².